The number of rotatable bonds is 4. The van der Waals surface area contributed by atoms with Crippen molar-refractivity contribution in [3.05, 3.63) is 30.0 Å². The number of fused-ring (bicyclic) bond motifs is 1. The Morgan fingerprint density at radius 1 is 1.50 bits per heavy atom. The van der Waals surface area contributed by atoms with Crippen molar-refractivity contribution in [2.45, 2.75) is 12.5 Å². The normalized spacial score (nSPS) is 12.6. The second-order valence-electron chi connectivity index (χ2n) is 4.25. The summed E-state index contributed by atoms with van der Waals surface area (Å²) in [6.45, 7) is 0. The molecule has 0 aliphatic carbocycles. The molecule has 2 rings (SSSR count). The molecule has 1 heterocycles. The molecular weight excluding hydrogens is 232 g/mol. The van der Waals surface area contributed by atoms with Crippen LogP contribution in [0.5, 0.6) is 5.75 Å². The van der Waals surface area contributed by atoms with Gasteiger partial charge in [0.25, 0.3) is 0 Å². The van der Waals surface area contributed by atoms with Crippen molar-refractivity contribution in [1.29, 1.82) is 0 Å². The summed E-state index contributed by atoms with van der Waals surface area (Å²) in [5.74, 6) is -0.264. The van der Waals surface area contributed by atoms with Crippen LogP contribution in [-0.2, 0) is 11.8 Å². The SMILES string of the molecule is COc1c(C(N)CC(=O)O)ccc2c1ccn2C. The molecule has 1 unspecified atom stereocenters. The van der Waals surface area contributed by atoms with Crippen molar-refractivity contribution in [2.24, 2.45) is 12.8 Å². The number of benzene rings is 1. The molecule has 0 bridgehead atoms. The van der Waals surface area contributed by atoms with Gasteiger partial charge in [-0.25, -0.2) is 0 Å². The van der Waals surface area contributed by atoms with E-state index in [0.29, 0.717) is 5.75 Å². The minimum Gasteiger partial charge on any atom is -0.496 e. The van der Waals surface area contributed by atoms with Crippen molar-refractivity contribution < 1.29 is 14.6 Å². The van der Waals surface area contributed by atoms with E-state index in [1.165, 1.54) is 0 Å². The Kier molecular flexibility index (Phi) is 3.25. The lowest BCUT2D eigenvalue weighted by molar-refractivity contribution is -0.137. The Morgan fingerprint density at radius 3 is 2.83 bits per heavy atom. The molecule has 0 aliphatic rings. The number of nitrogens with two attached hydrogens (primary N) is 1. The quantitative estimate of drug-likeness (QED) is 0.862. The summed E-state index contributed by atoms with van der Waals surface area (Å²) in [7, 11) is 3.51. The highest BCUT2D eigenvalue weighted by atomic mass is 16.5. The van der Waals surface area contributed by atoms with Crippen LogP contribution in [0.1, 0.15) is 18.0 Å². The fourth-order valence-corrected chi connectivity index (χ4v) is 2.16. The molecule has 0 spiro atoms. The van der Waals surface area contributed by atoms with Crippen LogP contribution in [0.2, 0.25) is 0 Å². The van der Waals surface area contributed by atoms with Crippen molar-refractivity contribution in [2.75, 3.05) is 7.11 Å². The van der Waals surface area contributed by atoms with Gasteiger partial charge < -0.3 is 20.1 Å². The van der Waals surface area contributed by atoms with Gasteiger partial charge in [0.2, 0.25) is 0 Å². The van der Waals surface area contributed by atoms with Gasteiger partial charge in [-0.15, -0.1) is 0 Å². The number of hydrogen-bond donors (Lipinski definition) is 2. The molecule has 0 saturated carbocycles. The van der Waals surface area contributed by atoms with E-state index in [9.17, 15) is 4.79 Å². The second-order valence-corrected chi connectivity index (χ2v) is 4.25. The van der Waals surface area contributed by atoms with E-state index in [1.54, 1.807) is 7.11 Å². The lowest BCUT2D eigenvalue weighted by Gasteiger charge is -2.15. The van der Waals surface area contributed by atoms with Gasteiger partial charge in [0.1, 0.15) is 5.75 Å². The van der Waals surface area contributed by atoms with Crippen LogP contribution in [0.3, 0.4) is 0 Å². The van der Waals surface area contributed by atoms with E-state index in [2.05, 4.69) is 0 Å². The smallest absolute Gasteiger partial charge is 0.305 e. The number of ether oxygens (including phenoxy) is 1. The zero-order chi connectivity index (χ0) is 13.3. The monoisotopic (exact) mass is 248 g/mol. The maximum Gasteiger partial charge on any atom is 0.305 e. The molecule has 5 nitrogen and oxygen atoms in total. The summed E-state index contributed by atoms with van der Waals surface area (Å²) in [6.07, 6.45) is 1.81. The number of carbonyl (C=O) groups is 1. The highest BCUT2D eigenvalue weighted by molar-refractivity contribution is 5.88. The van der Waals surface area contributed by atoms with E-state index in [1.807, 2.05) is 36.0 Å². The molecule has 3 N–H and O–H groups in total. The van der Waals surface area contributed by atoms with E-state index in [0.717, 1.165) is 16.5 Å². The fraction of sp³-hybridized carbons (Fsp3) is 0.308. The molecule has 0 aliphatic heterocycles. The fourth-order valence-electron chi connectivity index (χ4n) is 2.16. The minimum absolute atomic E-state index is 0.116. The maximum absolute atomic E-state index is 10.7. The average Bonchev–Trinajstić information content (AvgIpc) is 2.69. The Hall–Kier alpha value is -2.01. The van der Waals surface area contributed by atoms with Gasteiger partial charge >= 0.3 is 5.97 Å². The first kappa shape index (κ1) is 12.4. The first-order valence-corrected chi connectivity index (χ1v) is 5.64. The summed E-state index contributed by atoms with van der Waals surface area (Å²) in [5.41, 5.74) is 7.65. The molecule has 0 fully saturated rings. The van der Waals surface area contributed by atoms with Gasteiger partial charge in [0.05, 0.1) is 19.0 Å². The summed E-state index contributed by atoms with van der Waals surface area (Å²) in [5, 5.41) is 9.74. The predicted octanol–water partition coefficient (Wildman–Crippen LogP) is 1.66. The third-order valence-electron chi connectivity index (χ3n) is 3.05. The van der Waals surface area contributed by atoms with Crippen LogP contribution in [0, 0.1) is 0 Å². The summed E-state index contributed by atoms with van der Waals surface area (Å²) < 4.78 is 7.36. The topological polar surface area (TPSA) is 77.5 Å². The zero-order valence-electron chi connectivity index (χ0n) is 10.4. The van der Waals surface area contributed by atoms with Gasteiger partial charge in [0.15, 0.2) is 0 Å². The van der Waals surface area contributed by atoms with E-state index in [4.69, 9.17) is 15.6 Å². The van der Waals surface area contributed by atoms with Crippen LogP contribution in [0.15, 0.2) is 24.4 Å². The molecule has 0 amide bonds. The zero-order valence-corrected chi connectivity index (χ0v) is 10.4. The lowest BCUT2D eigenvalue weighted by Crippen LogP contribution is -2.16. The first-order chi connectivity index (χ1) is 8.54. The molecule has 0 radical (unpaired) electrons. The van der Waals surface area contributed by atoms with Gasteiger partial charge in [-0.05, 0) is 12.1 Å². The minimum atomic E-state index is -0.919. The number of carboxylic acids is 1. The van der Waals surface area contributed by atoms with Gasteiger partial charge in [-0.3, -0.25) is 4.79 Å². The molecule has 0 saturated heterocycles. The average molecular weight is 248 g/mol. The summed E-state index contributed by atoms with van der Waals surface area (Å²) in [6, 6.07) is 5.12. The predicted molar refractivity (Wildman–Crippen MR) is 68.7 cm³/mol. The Labute approximate surface area is 105 Å². The number of methoxy groups -OCH3 is 1. The molecule has 5 heteroatoms. The van der Waals surface area contributed by atoms with Crippen molar-refractivity contribution in [1.82, 2.24) is 4.57 Å². The van der Waals surface area contributed by atoms with Crippen molar-refractivity contribution in [3.63, 3.8) is 0 Å². The van der Waals surface area contributed by atoms with E-state index < -0.39 is 12.0 Å². The first-order valence-electron chi connectivity index (χ1n) is 5.64. The van der Waals surface area contributed by atoms with Crippen LogP contribution < -0.4 is 10.5 Å². The molecular formula is C13H16N2O3. The third-order valence-corrected chi connectivity index (χ3v) is 3.05. The van der Waals surface area contributed by atoms with E-state index in [-0.39, 0.29) is 6.42 Å². The highest BCUT2D eigenvalue weighted by Gasteiger charge is 2.18. The molecule has 1 aromatic heterocycles. The third kappa shape index (κ3) is 2.04. The largest absolute Gasteiger partial charge is 0.496 e. The van der Waals surface area contributed by atoms with Gasteiger partial charge in [-0.2, -0.15) is 0 Å². The Bertz CT molecular complexity index is 589. The molecule has 1 aromatic carbocycles. The summed E-state index contributed by atoms with van der Waals surface area (Å²) >= 11 is 0. The van der Waals surface area contributed by atoms with Crippen LogP contribution in [0.4, 0.5) is 0 Å². The van der Waals surface area contributed by atoms with Crippen LogP contribution in [-0.4, -0.2) is 22.8 Å². The van der Waals surface area contributed by atoms with Crippen molar-refractivity contribution >= 4 is 16.9 Å². The van der Waals surface area contributed by atoms with E-state index >= 15 is 0 Å². The number of aromatic nitrogens is 1. The molecule has 18 heavy (non-hydrogen) atoms. The van der Waals surface area contributed by atoms with Crippen molar-refractivity contribution in [3.8, 4) is 5.75 Å². The number of hydrogen-bond acceptors (Lipinski definition) is 3. The van der Waals surface area contributed by atoms with Gasteiger partial charge in [0, 0.05) is 30.2 Å². The van der Waals surface area contributed by atoms with Crippen LogP contribution in [0.25, 0.3) is 10.9 Å². The molecule has 96 valence electrons. The standard InChI is InChI=1S/C13H16N2O3/c1-15-6-5-9-11(15)4-3-8(13(9)18-2)10(14)7-12(16)17/h3-6,10H,7,14H2,1-2H3,(H,16,17). The number of carboxylic acid groups (broad SMARTS) is 1. The second kappa shape index (κ2) is 4.70. The number of aliphatic carboxylic acids is 1. The number of aryl methyl sites for hydroxylation is 1. The molecule has 1 atom stereocenters. The maximum atomic E-state index is 10.7. The van der Waals surface area contributed by atoms with Crippen LogP contribution >= 0.6 is 0 Å². The Morgan fingerprint density at radius 2 is 2.22 bits per heavy atom. The summed E-state index contributed by atoms with van der Waals surface area (Å²) in [4.78, 5) is 10.7. The highest BCUT2D eigenvalue weighted by Crippen LogP contribution is 2.34. The molecule has 2 aromatic rings. The van der Waals surface area contributed by atoms with Gasteiger partial charge in [-0.1, -0.05) is 6.07 Å². The number of nitrogens with zero attached hydrogens (tertiary/aromatic N) is 1. The lowest BCUT2D eigenvalue weighted by atomic mass is 10.0. The Balaban J connectivity index is 2.54.